The minimum absolute atomic E-state index is 0.0802. The van der Waals surface area contributed by atoms with Gasteiger partial charge in [0.1, 0.15) is 5.82 Å². The molecule has 0 radical (unpaired) electrons. The van der Waals surface area contributed by atoms with Gasteiger partial charge in [-0.2, -0.15) is 0 Å². The van der Waals surface area contributed by atoms with Crippen LogP contribution in [0.4, 0.5) is 15.8 Å². The SMILES string of the molecule is CCc1cc(F)cc(CC)c1NC(=O)CN1C[C@H](c2cc(C)c3c(c2)OCO3)C[C@@H]1c1ccc(N(C)C)cc1. The molecule has 0 unspecified atom stereocenters. The molecular weight excluding hydrogens is 493 g/mol. The zero-order valence-electron chi connectivity index (χ0n) is 23.5. The molecule has 2 aliphatic rings. The van der Waals surface area contributed by atoms with E-state index in [0.29, 0.717) is 12.8 Å². The van der Waals surface area contributed by atoms with Gasteiger partial charge in [0.05, 0.1) is 6.54 Å². The van der Waals surface area contributed by atoms with Crippen LogP contribution in [0.3, 0.4) is 0 Å². The van der Waals surface area contributed by atoms with Crippen molar-refractivity contribution < 1.29 is 18.7 Å². The smallest absolute Gasteiger partial charge is 0.238 e. The molecule has 3 aromatic carbocycles. The number of likely N-dealkylation sites (tertiary alicyclic amines) is 1. The summed E-state index contributed by atoms with van der Waals surface area (Å²) in [6.07, 6.45) is 2.19. The highest BCUT2D eigenvalue weighted by atomic mass is 19.1. The van der Waals surface area contributed by atoms with Gasteiger partial charge in [-0.25, -0.2) is 4.39 Å². The molecule has 0 saturated carbocycles. The van der Waals surface area contributed by atoms with Crippen LogP contribution >= 0.6 is 0 Å². The third kappa shape index (κ3) is 5.59. The molecule has 2 heterocycles. The Kier molecular flexibility index (Phi) is 7.80. The standard InChI is InChI=1S/C32H38FN3O3/c1-6-21-13-26(33)14-22(7-2)31(21)34-30(37)18-36-17-25(24-12-20(3)32-29(16-24)38-19-39-32)15-28(36)23-8-10-27(11-9-23)35(4)5/h8-14,16,25,28H,6-7,15,17-19H2,1-5H3,(H,34,37)/t25-,28-/m1/s1. The Morgan fingerprint density at radius 2 is 1.72 bits per heavy atom. The van der Waals surface area contributed by atoms with Gasteiger partial charge in [-0.1, -0.05) is 32.0 Å². The van der Waals surface area contributed by atoms with E-state index in [9.17, 15) is 9.18 Å². The van der Waals surface area contributed by atoms with Gasteiger partial charge < -0.3 is 19.7 Å². The van der Waals surface area contributed by atoms with E-state index >= 15 is 0 Å². The van der Waals surface area contributed by atoms with E-state index in [1.165, 1.54) is 23.3 Å². The summed E-state index contributed by atoms with van der Waals surface area (Å²) >= 11 is 0. The van der Waals surface area contributed by atoms with Crippen LogP contribution in [0.1, 0.15) is 60.0 Å². The maximum atomic E-state index is 14.1. The molecule has 7 heteroatoms. The Balaban J connectivity index is 1.41. The number of amides is 1. The van der Waals surface area contributed by atoms with Crippen LogP contribution in [0.2, 0.25) is 0 Å². The lowest BCUT2D eigenvalue weighted by Gasteiger charge is -2.25. The van der Waals surface area contributed by atoms with Gasteiger partial charge in [0.15, 0.2) is 11.5 Å². The third-order valence-electron chi connectivity index (χ3n) is 7.99. The van der Waals surface area contributed by atoms with Gasteiger partial charge in [0.2, 0.25) is 12.7 Å². The van der Waals surface area contributed by atoms with Gasteiger partial charge in [-0.05, 0) is 90.3 Å². The largest absolute Gasteiger partial charge is 0.454 e. The highest BCUT2D eigenvalue weighted by Crippen LogP contribution is 2.44. The lowest BCUT2D eigenvalue weighted by Crippen LogP contribution is -2.33. The van der Waals surface area contributed by atoms with Gasteiger partial charge in [-0.3, -0.25) is 9.69 Å². The number of carbonyl (C=O) groups excluding carboxylic acids is 1. The van der Waals surface area contributed by atoms with E-state index in [1.54, 1.807) is 0 Å². The molecular formula is C32H38FN3O3. The summed E-state index contributed by atoms with van der Waals surface area (Å²) in [5.74, 6) is 1.52. The second-order valence-electron chi connectivity index (χ2n) is 10.8. The van der Waals surface area contributed by atoms with Crippen LogP contribution < -0.4 is 19.7 Å². The third-order valence-corrected chi connectivity index (χ3v) is 7.99. The molecule has 6 nitrogen and oxygen atoms in total. The first-order valence-electron chi connectivity index (χ1n) is 13.8. The average Bonchev–Trinajstić information content (AvgIpc) is 3.57. The van der Waals surface area contributed by atoms with Gasteiger partial charge >= 0.3 is 0 Å². The summed E-state index contributed by atoms with van der Waals surface area (Å²) < 4.78 is 25.5. The number of carbonyl (C=O) groups is 1. The van der Waals surface area contributed by atoms with Crippen molar-refractivity contribution in [3.63, 3.8) is 0 Å². The molecule has 0 spiro atoms. The van der Waals surface area contributed by atoms with Crippen molar-refractivity contribution in [3.05, 3.63) is 82.2 Å². The summed E-state index contributed by atoms with van der Waals surface area (Å²) in [6, 6.07) is 16.0. The summed E-state index contributed by atoms with van der Waals surface area (Å²) in [5.41, 5.74) is 7.00. The van der Waals surface area contributed by atoms with E-state index in [4.69, 9.17) is 9.47 Å². The Hall–Kier alpha value is -3.58. The lowest BCUT2D eigenvalue weighted by molar-refractivity contribution is -0.117. The van der Waals surface area contributed by atoms with Crippen molar-refractivity contribution in [2.45, 2.75) is 52.0 Å². The number of hydrogen-bond donors (Lipinski definition) is 1. The van der Waals surface area contributed by atoms with E-state index < -0.39 is 0 Å². The molecule has 1 fully saturated rings. The van der Waals surface area contributed by atoms with Crippen molar-refractivity contribution in [1.82, 2.24) is 4.90 Å². The van der Waals surface area contributed by atoms with Crippen molar-refractivity contribution in [2.75, 3.05) is 44.2 Å². The topological polar surface area (TPSA) is 54.0 Å². The Morgan fingerprint density at radius 1 is 1.03 bits per heavy atom. The van der Waals surface area contributed by atoms with E-state index in [2.05, 4.69) is 51.5 Å². The minimum Gasteiger partial charge on any atom is -0.454 e. The molecule has 1 amide bonds. The molecule has 1 saturated heterocycles. The van der Waals surface area contributed by atoms with Gasteiger partial charge in [0.25, 0.3) is 0 Å². The van der Waals surface area contributed by atoms with Crippen LogP contribution in [0.15, 0.2) is 48.5 Å². The van der Waals surface area contributed by atoms with Crippen molar-refractivity contribution in [3.8, 4) is 11.5 Å². The van der Waals surface area contributed by atoms with Crippen LogP contribution in [-0.4, -0.2) is 44.8 Å². The quantitative estimate of drug-likeness (QED) is 0.374. The molecule has 1 N–H and O–H groups in total. The Morgan fingerprint density at radius 3 is 2.36 bits per heavy atom. The number of anilines is 2. The molecule has 5 rings (SSSR count). The van der Waals surface area contributed by atoms with E-state index in [1.807, 2.05) is 34.9 Å². The summed E-state index contributed by atoms with van der Waals surface area (Å²) in [4.78, 5) is 17.8. The zero-order chi connectivity index (χ0) is 27.7. The monoisotopic (exact) mass is 531 g/mol. The average molecular weight is 532 g/mol. The number of ether oxygens (including phenoxy) is 2. The molecule has 2 atom stereocenters. The number of rotatable bonds is 8. The fourth-order valence-electron chi connectivity index (χ4n) is 5.92. The van der Waals surface area contributed by atoms with Crippen LogP contribution in [-0.2, 0) is 17.6 Å². The Bertz CT molecular complexity index is 1330. The Labute approximate surface area is 230 Å². The number of fused-ring (bicyclic) bond motifs is 1. The van der Waals surface area contributed by atoms with Crippen LogP contribution in [0.5, 0.6) is 11.5 Å². The fraction of sp³-hybridized carbons (Fsp3) is 0.406. The van der Waals surface area contributed by atoms with Crippen molar-refractivity contribution in [2.24, 2.45) is 0 Å². The number of benzene rings is 3. The first-order chi connectivity index (χ1) is 18.8. The molecule has 39 heavy (non-hydrogen) atoms. The van der Waals surface area contributed by atoms with Crippen molar-refractivity contribution >= 4 is 17.3 Å². The number of nitrogens with one attached hydrogen (secondary N) is 1. The normalized spacial score (nSPS) is 18.4. The van der Waals surface area contributed by atoms with E-state index in [-0.39, 0.29) is 37.0 Å². The number of nitrogens with zero attached hydrogens (tertiary/aromatic N) is 2. The molecule has 0 bridgehead atoms. The minimum atomic E-state index is -0.260. The number of halogens is 1. The van der Waals surface area contributed by atoms with Crippen LogP contribution in [0, 0.1) is 12.7 Å². The van der Waals surface area contributed by atoms with E-state index in [0.717, 1.165) is 52.5 Å². The first kappa shape index (κ1) is 27.0. The van der Waals surface area contributed by atoms with Gasteiger partial charge in [0, 0.05) is 38.1 Å². The fourth-order valence-corrected chi connectivity index (χ4v) is 5.92. The molecule has 0 aromatic heterocycles. The van der Waals surface area contributed by atoms with Gasteiger partial charge in [-0.15, -0.1) is 0 Å². The second-order valence-corrected chi connectivity index (χ2v) is 10.8. The number of aryl methyl sites for hydroxylation is 3. The second kappa shape index (κ2) is 11.3. The summed E-state index contributed by atoms with van der Waals surface area (Å²) in [6.45, 7) is 7.26. The maximum Gasteiger partial charge on any atom is 0.238 e. The summed E-state index contributed by atoms with van der Waals surface area (Å²) in [5, 5.41) is 3.14. The van der Waals surface area contributed by atoms with Crippen LogP contribution in [0.25, 0.3) is 0 Å². The van der Waals surface area contributed by atoms with Crippen molar-refractivity contribution in [1.29, 1.82) is 0 Å². The lowest BCUT2D eigenvalue weighted by atomic mass is 9.92. The molecule has 206 valence electrons. The predicted octanol–water partition coefficient (Wildman–Crippen LogP) is 6.22. The first-order valence-corrected chi connectivity index (χ1v) is 13.8. The summed E-state index contributed by atoms with van der Waals surface area (Å²) in [7, 11) is 4.06. The molecule has 3 aromatic rings. The number of hydrogen-bond acceptors (Lipinski definition) is 5. The predicted molar refractivity (Wildman–Crippen MR) is 154 cm³/mol. The highest BCUT2D eigenvalue weighted by Gasteiger charge is 2.36. The molecule has 0 aliphatic carbocycles. The maximum absolute atomic E-state index is 14.1. The zero-order valence-corrected chi connectivity index (χ0v) is 23.5. The molecule has 2 aliphatic heterocycles. The highest BCUT2D eigenvalue weighted by molar-refractivity contribution is 5.94.